The number of hydrogen-bond acceptors (Lipinski definition) is 3. The minimum atomic E-state index is -0.591. The number of para-hydroxylation sites is 1. The van der Waals surface area contributed by atoms with Crippen LogP contribution in [0.25, 0.3) is 0 Å². The van der Waals surface area contributed by atoms with Gasteiger partial charge < -0.3 is 5.73 Å². The maximum Gasteiger partial charge on any atom is 0.273 e. The molecule has 6 heteroatoms. The van der Waals surface area contributed by atoms with E-state index in [9.17, 15) is 14.9 Å². The average Bonchev–Trinajstić information content (AvgIpc) is 2.18. The van der Waals surface area contributed by atoms with Crippen LogP contribution in [0.3, 0.4) is 0 Å². The Balaban J connectivity index is 0.00000225. The molecule has 0 aliphatic carbocycles. The van der Waals surface area contributed by atoms with Crippen LogP contribution in [0.1, 0.15) is 24.8 Å². The molecule has 1 aromatic rings. The number of amides is 1. The number of primary amides is 1. The summed E-state index contributed by atoms with van der Waals surface area (Å²) in [7, 11) is 0. The van der Waals surface area contributed by atoms with Crippen LogP contribution < -0.4 is 5.73 Å². The summed E-state index contributed by atoms with van der Waals surface area (Å²) < 4.78 is 0. The molecule has 0 saturated heterocycles. The van der Waals surface area contributed by atoms with E-state index >= 15 is 0 Å². The Bertz CT molecular complexity index is 395. The number of nitro groups is 1. The van der Waals surface area contributed by atoms with Crippen molar-refractivity contribution in [3.05, 3.63) is 39.9 Å². The summed E-state index contributed by atoms with van der Waals surface area (Å²) in [4.78, 5) is 21.3. The molecule has 0 saturated carbocycles. The van der Waals surface area contributed by atoms with Gasteiger partial charge in [-0.05, 0) is 6.42 Å². The molecule has 0 bridgehead atoms. The zero-order chi connectivity index (χ0) is 11.4. The summed E-state index contributed by atoms with van der Waals surface area (Å²) in [6.45, 7) is 1.77. The van der Waals surface area contributed by atoms with Gasteiger partial charge in [-0.2, -0.15) is 0 Å². The van der Waals surface area contributed by atoms with E-state index in [1.807, 2.05) is 0 Å². The Morgan fingerprint density at radius 2 is 2.06 bits per heavy atom. The van der Waals surface area contributed by atoms with Gasteiger partial charge in [-0.25, -0.2) is 0 Å². The van der Waals surface area contributed by atoms with Crippen LogP contribution in [-0.2, 0) is 4.79 Å². The van der Waals surface area contributed by atoms with Crippen LogP contribution in [0.5, 0.6) is 0 Å². The second kappa shape index (κ2) is 6.07. The summed E-state index contributed by atoms with van der Waals surface area (Å²) in [5.41, 5.74) is 5.52. The second-order valence-corrected chi connectivity index (χ2v) is 3.18. The number of carbonyl (C=O) groups is 1. The fourth-order valence-corrected chi connectivity index (χ4v) is 1.52. The van der Waals surface area contributed by atoms with Crippen molar-refractivity contribution in [2.24, 2.45) is 5.73 Å². The van der Waals surface area contributed by atoms with Crippen molar-refractivity contribution in [1.82, 2.24) is 0 Å². The second-order valence-electron chi connectivity index (χ2n) is 3.18. The molecule has 5 nitrogen and oxygen atoms in total. The maximum absolute atomic E-state index is 11.1. The first kappa shape index (κ1) is 14.4. The number of benzene rings is 1. The van der Waals surface area contributed by atoms with Gasteiger partial charge in [0, 0.05) is 11.6 Å². The Kier molecular flexibility index (Phi) is 5.46. The van der Waals surface area contributed by atoms with Crippen molar-refractivity contribution in [2.75, 3.05) is 0 Å². The highest BCUT2D eigenvalue weighted by Crippen LogP contribution is 2.28. The molecule has 0 radical (unpaired) electrons. The summed E-state index contributed by atoms with van der Waals surface area (Å²) in [5.74, 6) is -1.13. The van der Waals surface area contributed by atoms with Gasteiger partial charge in [-0.1, -0.05) is 25.1 Å². The highest BCUT2D eigenvalue weighted by Gasteiger charge is 2.23. The summed E-state index contributed by atoms with van der Waals surface area (Å²) in [6.07, 6.45) is 0.459. The quantitative estimate of drug-likeness (QED) is 0.649. The van der Waals surface area contributed by atoms with Gasteiger partial charge >= 0.3 is 0 Å². The standard InChI is InChI=1S/C10H12N2O3.ClH/c1-2-7(10(11)13)8-5-3-4-6-9(8)12(14)15;/h3-7H,2H2,1H3,(H2,11,13);1H. The van der Waals surface area contributed by atoms with Gasteiger partial charge in [-0.15, -0.1) is 12.4 Å². The van der Waals surface area contributed by atoms with Gasteiger partial charge in [0.1, 0.15) is 0 Å². The number of nitrogens with two attached hydrogens (primary N) is 1. The molecule has 16 heavy (non-hydrogen) atoms. The molecule has 1 rings (SSSR count). The van der Waals surface area contributed by atoms with Gasteiger partial charge in [0.25, 0.3) is 5.69 Å². The van der Waals surface area contributed by atoms with E-state index in [1.165, 1.54) is 6.07 Å². The van der Waals surface area contributed by atoms with Crippen molar-refractivity contribution in [1.29, 1.82) is 0 Å². The highest BCUT2D eigenvalue weighted by molar-refractivity contribution is 5.85. The first-order chi connectivity index (χ1) is 7.07. The maximum atomic E-state index is 11.1. The third kappa shape index (κ3) is 2.93. The third-order valence-electron chi connectivity index (χ3n) is 2.26. The predicted octanol–water partition coefficient (Wildman–Crippen LogP) is 2.00. The zero-order valence-electron chi connectivity index (χ0n) is 8.75. The molecule has 1 unspecified atom stereocenters. The smallest absolute Gasteiger partial charge is 0.273 e. The van der Waals surface area contributed by atoms with Crippen LogP contribution in [0.15, 0.2) is 24.3 Å². The Labute approximate surface area is 99.2 Å². The van der Waals surface area contributed by atoms with E-state index < -0.39 is 16.7 Å². The first-order valence-electron chi connectivity index (χ1n) is 4.60. The molecule has 0 aliphatic rings. The summed E-state index contributed by atoms with van der Waals surface area (Å²) >= 11 is 0. The summed E-state index contributed by atoms with van der Waals surface area (Å²) in [5, 5.41) is 10.7. The van der Waals surface area contributed by atoms with Crippen LogP contribution in [0.4, 0.5) is 5.69 Å². The molecule has 88 valence electrons. The Morgan fingerprint density at radius 3 is 2.50 bits per heavy atom. The zero-order valence-corrected chi connectivity index (χ0v) is 9.57. The lowest BCUT2D eigenvalue weighted by Crippen LogP contribution is -2.21. The molecule has 0 aliphatic heterocycles. The van der Waals surface area contributed by atoms with Gasteiger partial charge in [0.15, 0.2) is 0 Å². The topological polar surface area (TPSA) is 86.2 Å². The molecular formula is C10H13ClN2O3. The van der Waals surface area contributed by atoms with E-state index in [0.29, 0.717) is 12.0 Å². The number of nitro benzene ring substituents is 1. The Hall–Kier alpha value is -1.62. The fraction of sp³-hybridized carbons (Fsp3) is 0.300. The van der Waals surface area contributed by atoms with Crippen LogP contribution in [0.2, 0.25) is 0 Å². The molecule has 0 heterocycles. The number of carbonyl (C=O) groups excluding carboxylic acids is 1. The lowest BCUT2D eigenvalue weighted by atomic mass is 9.94. The number of rotatable bonds is 4. The van der Waals surface area contributed by atoms with Crippen LogP contribution in [0, 0.1) is 10.1 Å². The minimum absolute atomic E-state index is 0. The molecule has 1 aromatic carbocycles. The van der Waals surface area contributed by atoms with Crippen molar-refractivity contribution >= 4 is 24.0 Å². The van der Waals surface area contributed by atoms with E-state index in [-0.39, 0.29) is 18.1 Å². The van der Waals surface area contributed by atoms with Crippen LogP contribution in [-0.4, -0.2) is 10.8 Å². The largest absolute Gasteiger partial charge is 0.369 e. The lowest BCUT2D eigenvalue weighted by molar-refractivity contribution is -0.385. The van der Waals surface area contributed by atoms with Crippen molar-refractivity contribution < 1.29 is 9.72 Å². The van der Waals surface area contributed by atoms with Gasteiger partial charge in [0.2, 0.25) is 5.91 Å². The average molecular weight is 245 g/mol. The van der Waals surface area contributed by atoms with E-state index in [4.69, 9.17) is 5.73 Å². The van der Waals surface area contributed by atoms with E-state index in [2.05, 4.69) is 0 Å². The predicted molar refractivity (Wildman–Crippen MR) is 62.6 cm³/mol. The number of halogens is 1. The molecule has 0 spiro atoms. The number of hydrogen-bond donors (Lipinski definition) is 1. The van der Waals surface area contributed by atoms with E-state index in [1.54, 1.807) is 25.1 Å². The highest BCUT2D eigenvalue weighted by atomic mass is 35.5. The van der Waals surface area contributed by atoms with Crippen molar-refractivity contribution in [3.8, 4) is 0 Å². The van der Waals surface area contributed by atoms with Crippen LogP contribution >= 0.6 is 12.4 Å². The molecule has 1 atom stereocenters. The van der Waals surface area contributed by atoms with Crippen molar-refractivity contribution in [2.45, 2.75) is 19.3 Å². The molecule has 0 aromatic heterocycles. The lowest BCUT2D eigenvalue weighted by Gasteiger charge is -2.10. The number of nitrogens with zero attached hydrogens (tertiary/aromatic N) is 1. The molecule has 1 amide bonds. The first-order valence-corrected chi connectivity index (χ1v) is 4.60. The minimum Gasteiger partial charge on any atom is -0.369 e. The molecule has 2 N–H and O–H groups in total. The summed E-state index contributed by atoms with van der Waals surface area (Å²) in [6, 6.07) is 6.17. The molecular weight excluding hydrogens is 232 g/mol. The van der Waals surface area contributed by atoms with Gasteiger partial charge in [-0.3, -0.25) is 14.9 Å². The van der Waals surface area contributed by atoms with Crippen molar-refractivity contribution in [3.63, 3.8) is 0 Å². The van der Waals surface area contributed by atoms with Gasteiger partial charge in [0.05, 0.1) is 10.8 Å². The Morgan fingerprint density at radius 1 is 1.50 bits per heavy atom. The molecule has 0 fully saturated rings. The van der Waals surface area contributed by atoms with E-state index in [0.717, 1.165) is 0 Å². The third-order valence-corrected chi connectivity index (χ3v) is 2.26. The SMILES string of the molecule is CCC(C(N)=O)c1ccccc1[N+](=O)[O-].Cl. The fourth-order valence-electron chi connectivity index (χ4n) is 1.52. The monoisotopic (exact) mass is 244 g/mol. The normalized spacial score (nSPS) is 11.3.